The maximum absolute atomic E-state index is 6.24. The van der Waals surface area contributed by atoms with Crippen molar-refractivity contribution in [1.29, 1.82) is 0 Å². The molecular weight excluding hydrogens is 208 g/mol. The molecule has 0 aliphatic rings. The third-order valence-electron chi connectivity index (χ3n) is 3.28. The van der Waals surface area contributed by atoms with Crippen molar-refractivity contribution in [1.82, 2.24) is 0 Å². The van der Waals surface area contributed by atoms with E-state index in [-0.39, 0.29) is 6.04 Å². The highest BCUT2D eigenvalue weighted by molar-refractivity contribution is 5.46. The Morgan fingerprint density at radius 2 is 1.76 bits per heavy atom. The second-order valence-corrected chi connectivity index (χ2v) is 5.22. The van der Waals surface area contributed by atoms with Gasteiger partial charge in [0.15, 0.2) is 0 Å². The van der Waals surface area contributed by atoms with Gasteiger partial charge in [-0.2, -0.15) is 0 Å². The molecule has 2 nitrogen and oxygen atoms in total. The molecule has 0 radical (unpaired) electrons. The Hall–Kier alpha value is -1.02. The molecule has 0 aliphatic carbocycles. The summed E-state index contributed by atoms with van der Waals surface area (Å²) in [5.74, 6) is 0.712. The van der Waals surface area contributed by atoms with Gasteiger partial charge >= 0.3 is 0 Å². The first-order chi connectivity index (χ1) is 8.04. The molecule has 0 saturated carbocycles. The monoisotopic (exact) mass is 234 g/mol. The van der Waals surface area contributed by atoms with Crippen LogP contribution in [0.15, 0.2) is 24.3 Å². The lowest BCUT2D eigenvalue weighted by Gasteiger charge is -2.18. The minimum absolute atomic E-state index is 0.174. The Kier molecular flexibility index (Phi) is 5.49. The molecule has 0 aromatic heterocycles. The highest BCUT2D eigenvalue weighted by atomic mass is 15.1. The summed E-state index contributed by atoms with van der Waals surface area (Å²) in [5, 5.41) is 0. The van der Waals surface area contributed by atoms with Crippen LogP contribution in [0.2, 0.25) is 0 Å². The van der Waals surface area contributed by atoms with Gasteiger partial charge in [-0.15, -0.1) is 0 Å². The predicted octanol–water partition coefficient (Wildman–Crippen LogP) is 3.58. The van der Waals surface area contributed by atoms with Crippen molar-refractivity contribution in [3.8, 4) is 0 Å². The van der Waals surface area contributed by atoms with Gasteiger partial charge < -0.3 is 10.6 Å². The van der Waals surface area contributed by atoms with Crippen LogP contribution in [0.5, 0.6) is 0 Å². The molecule has 0 fully saturated rings. The zero-order chi connectivity index (χ0) is 12.8. The zero-order valence-corrected chi connectivity index (χ0v) is 11.6. The minimum Gasteiger partial charge on any atom is -0.378 e. The summed E-state index contributed by atoms with van der Waals surface area (Å²) in [5.41, 5.74) is 8.71. The van der Waals surface area contributed by atoms with Crippen molar-refractivity contribution >= 4 is 5.69 Å². The summed E-state index contributed by atoms with van der Waals surface area (Å²) >= 11 is 0. The summed E-state index contributed by atoms with van der Waals surface area (Å²) in [4.78, 5) is 2.11. The Morgan fingerprint density at radius 3 is 2.24 bits per heavy atom. The van der Waals surface area contributed by atoms with E-state index in [1.807, 2.05) is 0 Å². The number of benzene rings is 1. The summed E-state index contributed by atoms with van der Waals surface area (Å²) in [6, 6.07) is 8.75. The van der Waals surface area contributed by atoms with Gasteiger partial charge in [0.1, 0.15) is 0 Å². The van der Waals surface area contributed by atoms with Crippen LogP contribution < -0.4 is 10.6 Å². The van der Waals surface area contributed by atoms with E-state index in [1.54, 1.807) is 0 Å². The molecule has 0 aliphatic heterocycles. The highest BCUT2D eigenvalue weighted by Crippen LogP contribution is 2.23. The van der Waals surface area contributed by atoms with E-state index < -0.39 is 0 Å². The summed E-state index contributed by atoms with van der Waals surface area (Å²) in [7, 11) is 4.11. The molecule has 2 N–H and O–H groups in total. The Labute approximate surface area is 106 Å². The van der Waals surface area contributed by atoms with Crippen LogP contribution in [0.3, 0.4) is 0 Å². The molecule has 0 amide bonds. The smallest absolute Gasteiger partial charge is 0.0361 e. The first-order valence-corrected chi connectivity index (χ1v) is 6.57. The molecule has 1 aromatic carbocycles. The molecule has 1 rings (SSSR count). The van der Waals surface area contributed by atoms with Gasteiger partial charge in [0.2, 0.25) is 0 Å². The largest absolute Gasteiger partial charge is 0.378 e. The van der Waals surface area contributed by atoms with Crippen molar-refractivity contribution in [3.05, 3.63) is 29.8 Å². The first kappa shape index (κ1) is 14.0. The molecule has 2 atom stereocenters. The fraction of sp³-hybridized carbons (Fsp3) is 0.600. The van der Waals surface area contributed by atoms with Gasteiger partial charge in [0, 0.05) is 25.8 Å². The average molecular weight is 234 g/mol. The molecular formula is C15H26N2. The number of anilines is 1. The molecule has 0 bridgehead atoms. The van der Waals surface area contributed by atoms with Crippen molar-refractivity contribution in [2.45, 2.75) is 39.2 Å². The fourth-order valence-electron chi connectivity index (χ4n) is 2.20. The standard InChI is InChI=1S/C15H26N2/c1-5-6-12(2)11-15(16)13-7-9-14(10-8-13)17(3)4/h7-10,12,15H,5-6,11,16H2,1-4H3. The van der Waals surface area contributed by atoms with E-state index in [1.165, 1.54) is 24.1 Å². The second-order valence-electron chi connectivity index (χ2n) is 5.22. The number of hydrogen-bond donors (Lipinski definition) is 1. The van der Waals surface area contributed by atoms with Gasteiger partial charge in [-0.05, 0) is 30.0 Å². The summed E-state index contributed by atoms with van der Waals surface area (Å²) in [6.07, 6.45) is 3.59. The van der Waals surface area contributed by atoms with Crippen LogP contribution in [0, 0.1) is 5.92 Å². The summed E-state index contributed by atoms with van der Waals surface area (Å²) in [6.45, 7) is 4.52. The molecule has 96 valence electrons. The number of hydrogen-bond acceptors (Lipinski definition) is 2. The maximum Gasteiger partial charge on any atom is 0.0361 e. The van der Waals surface area contributed by atoms with E-state index in [0.717, 1.165) is 6.42 Å². The predicted molar refractivity (Wildman–Crippen MR) is 76.4 cm³/mol. The SMILES string of the molecule is CCCC(C)CC(N)c1ccc(N(C)C)cc1. The van der Waals surface area contributed by atoms with E-state index in [0.29, 0.717) is 5.92 Å². The Bertz CT molecular complexity index is 316. The van der Waals surface area contributed by atoms with Crippen LogP contribution in [-0.4, -0.2) is 14.1 Å². The van der Waals surface area contributed by atoms with Crippen LogP contribution in [0.4, 0.5) is 5.69 Å². The second kappa shape index (κ2) is 6.65. The van der Waals surface area contributed by atoms with E-state index in [9.17, 15) is 0 Å². The quantitative estimate of drug-likeness (QED) is 0.815. The molecule has 0 heterocycles. The van der Waals surface area contributed by atoms with Crippen molar-refractivity contribution in [2.75, 3.05) is 19.0 Å². The van der Waals surface area contributed by atoms with Crippen LogP contribution in [0.1, 0.15) is 44.7 Å². The van der Waals surface area contributed by atoms with E-state index >= 15 is 0 Å². The molecule has 0 saturated heterocycles. The van der Waals surface area contributed by atoms with Gasteiger partial charge in [-0.3, -0.25) is 0 Å². The van der Waals surface area contributed by atoms with Crippen molar-refractivity contribution < 1.29 is 0 Å². The first-order valence-electron chi connectivity index (χ1n) is 6.57. The third kappa shape index (κ3) is 4.39. The van der Waals surface area contributed by atoms with Gasteiger partial charge in [0.05, 0.1) is 0 Å². The molecule has 2 heteroatoms. The van der Waals surface area contributed by atoms with Crippen LogP contribution in [-0.2, 0) is 0 Å². The van der Waals surface area contributed by atoms with E-state index in [2.05, 4.69) is 57.1 Å². The Morgan fingerprint density at radius 1 is 1.18 bits per heavy atom. The number of rotatable bonds is 6. The normalized spacial score (nSPS) is 14.4. The van der Waals surface area contributed by atoms with Crippen molar-refractivity contribution in [3.63, 3.8) is 0 Å². The van der Waals surface area contributed by atoms with Gasteiger partial charge in [0.25, 0.3) is 0 Å². The lowest BCUT2D eigenvalue weighted by atomic mass is 9.93. The number of nitrogens with zero attached hydrogens (tertiary/aromatic N) is 1. The topological polar surface area (TPSA) is 29.3 Å². The summed E-state index contributed by atoms with van der Waals surface area (Å²) < 4.78 is 0. The maximum atomic E-state index is 6.24. The molecule has 1 aromatic rings. The third-order valence-corrected chi connectivity index (χ3v) is 3.28. The van der Waals surface area contributed by atoms with Crippen LogP contribution in [0.25, 0.3) is 0 Å². The van der Waals surface area contributed by atoms with Crippen LogP contribution >= 0.6 is 0 Å². The van der Waals surface area contributed by atoms with Crippen molar-refractivity contribution in [2.24, 2.45) is 11.7 Å². The van der Waals surface area contributed by atoms with Gasteiger partial charge in [-0.1, -0.05) is 38.8 Å². The molecule has 0 spiro atoms. The molecule has 17 heavy (non-hydrogen) atoms. The zero-order valence-electron chi connectivity index (χ0n) is 11.6. The minimum atomic E-state index is 0.174. The lowest BCUT2D eigenvalue weighted by molar-refractivity contribution is 0.440. The average Bonchev–Trinajstić information content (AvgIpc) is 2.29. The van der Waals surface area contributed by atoms with E-state index in [4.69, 9.17) is 5.73 Å². The lowest BCUT2D eigenvalue weighted by Crippen LogP contribution is -2.14. The number of nitrogens with two attached hydrogens (primary N) is 1. The van der Waals surface area contributed by atoms with Gasteiger partial charge in [-0.25, -0.2) is 0 Å². The fourth-order valence-corrected chi connectivity index (χ4v) is 2.20. The molecule has 2 unspecified atom stereocenters. The highest BCUT2D eigenvalue weighted by Gasteiger charge is 2.10. The Balaban J connectivity index is 2.60.